The van der Waals surface area contributed by atoms with Crippen LogP contribution < -0.4 is 0 Å². The molecule has 0 amide bonds. The molecular weight excluding hydrogens is 280 g/mol. The zero-order chi connectivity index (χ0) is 15.6. The minimum atomic E-state index is 0.255. The van der Waals surface area contributed by atoms with Gasteiger partial charge in [-0.2, -0.15) is 0 Å². The molecule has 2 aromatic rings. The largest absolute Gasteiger partial charge is 0.294 e. The van der Waals surface area contributed by atoms with Crippen molar-refractivity contribution >= 4 is 16.6 Å². The first-order valence-electron chi connectivity index (χ1n) is 8.98. The molecule has 2 bridgehead atoms. The number of allylic oxidation sites excluding steroid dienone is 2. The van der Waals surface area contributed by atoms with E-state index in [0.29, 0.717) is 5.78 Å². The van der Waals surface area contributed by atoms with Crippen molar-refractivity contribution in [1.82, 2.24) is 0 Å². The summed E-state index contributed by atoms with van der Waals surface area (Å²) in [6.07, 6.45) is 8.95. The van der Waals surface area contributed by atoms with Gasteiger partial charge >= 0.3 is 0 Å². The number of fused-ring (bicyclic) bond motifs is 6. The fourth-order valence-electron chi connectivity index (χ4n) is 5.33. The molecule has 3 aliphatic rings. The molecule has 1 saturated carbocycles. The minimum absolute atomic E-state index is 0.255. The highest BCUT2D eigenvalue weighted by atomic mass is 16.1. The summed E-state index contributed by atoms with van der Waals surface area (Å²) in [4.78, 5) is 12.6. The second-order valence-corrected chi connectivity index (χ2v) is 7.69. The Balaban J connectivity index is 1.76. The number of benzene rings is 2. The van der Waals surface area contributed by atoms with Crippen molar-refractivity contribution in [3.63, 3.8) is 0 Å². The summed E-state index contributed by atoms with van der Waals surface area (Å²) in [5.74, 6) is 1.09. The highest BCUT2D eigenvalue weighted by molar-refractivity contribution is 6.03. The molecular formula is C22H22O. The molecule has 0 aromatic heterocycles. The van der Waals surface area contributed by atoms with Gasteiger partial charge in [0, 0.05) is 17.4 Å². The Labute approximate surface area is 137 Å². The van der Waals surface area contributed by atoms with E-state index in [0.717, 1.165) is 30.7 Å². The number of hydrogen-bond donors (Lipinski definition) is 0. The van der Waals surface area contributed by atoms with E-state index in [1.54, 1.807) is 5.57 Å². The molecule has 0 aliphatic heterocycles. The van der Waals surface area contributed by atoms with Crippen molar-refractivity contribution in [3.8, 4) is 0 Å². The molecule has 23 heavy (non-hydrogen) atoms. The van der Waals surface area contributed by atoms with Crippen molar-refractivity contribution < 1.29 is 4.79 Å². The topological polar surface area (TPSA) is 17.1 Å². The molecule has 0 heterocycles. The number of Topliss-reactive ketones (excluding diaryl/α,β-unsaturated/α-hetero) is 1. The second kappa shape index (κ2) is 4.56. The SMILES string of the molecule is CCc1ccc2cc3c(cc2c1)C(=O)CCC31CC2=CCC1C2. The molecule has 0 saturated heterocycles. The first-order valence-corrected chi connectivity index (χ1v) is 8.98. The number of hydrogen-bond acceptors (Lipinski definition) is 1. The van der Waals surface area contributed by atoms with Gasteiger partial charge in [0.1, 0.15) is 0 Å². The Bertz CT molecular complexity index is 873. The van der Waals surface area contributed by atoms with Gasteiger partial charge in [0.25, 0.3) is 0 Å². The monoisotopic (exact) mass is 302 g/mol. The lowest BCUT2D eigenvalue weighted by molar-refractivity contribution is 0.0940. The summed E-state index contributed by atoms with van der Waals surface area (Å²) < 4.78 is 0. The van der Waals surface area contributed by atoms with E-state index in [-0.39, 0.29) is 5.41 Å². The fraction of sp³-hybridized carbons (Fsp3) is 0.409. The van der Waals surface area contributed by atoms with Crippen LogP contribution in [0.25, 0.3) is 10.8 Å². The van der Waals surface area contributed by atoms with Crippen LogP contribution in [-0.4, -0.2) is 5.78 Å². The third-order valence-corrected chi connectivity index (χ3v) is 6.61. The van der Waals surface area contributed by atoms with Gasteiger partial charge in [-0.05, 0) is 72.1 Å². The van der Waals surface area contributed by atoms with Gasteiger partial charge in [0.2, 0.25) is 0 Å². The number of ketones is 1. The van der Waals surface area contributed by atoms with Crippen molar-refractivity contribution in [3.05, 3.63) is 58.7 Å². The predicted molar refractivity (Wildman–Crippen MR) is 94.0 cm³/mol. The van der Waals surface area contributed by atoms with E-state index in [9.17, 15) is 4.79 Å². The summed E-state index contributed by atoms with van der Waals surface area (Å²) in [6.45, 7) is 2.18. The van der Waals surface area contributed by atoms with Crippen LogP contribution in [0.1, 0.15) is 60.5 Å². The normalized spacial score (nSPS) is 28.5. The van der Waals surface area contributed by atoms with Crippen LogP contribution in [0.5, 0.6) is 0 Å². The van der Waals surface area contributed by atoms with E-state index in [1.807, 2.05) is 0 Å². The Hall–Kier alpha value is -1.89. The van der Waals surface area contributed by atoms with Gasteiger partial charge in [-0.25, -0.2) is 0 Å². The van der Waals surface area contributed by atoms with E-state index >= 15 is 0 Å². The molecule has 1 spiro atoms. The zero-order valence-corrected chi connectivity index (χ0v) is 13.7. The minimum Gasteiger partial charge on any atom is -0.294 e. The molecule has 1 heteroatoms. The van der Waals surface area contributed by atoms with Crippen molar-refractivity contribution in [2.24, 2.45) is 5.92 Å². The van der Waals surface area contributed by atoms with Crippen LogP contribution >= 0.6 is 0 Å². The first-order chi connectivity index (χ1) is 11.2. The average Bonchev–Trinajstić information content (AvgIpc) is 3.18. The molecule has 116 valence electrons. The number of aryl methyl sites for hydroxylation is 1. The molecule has 2 atom stereocenters. The molecule has 1 fully saturated rings. The second-order valence-electron chi connectivity index (χ2n) is 7.69. The van der Waals surface area contributed by atoms with Crippen LogP contribution in [-0.2, 0) is 11.8 Å². The van der Waals surface area contributed by atoms with Gasteiger partial charge < -0.3 is 0 Å². The van der Waals surface area contributed by atoms with E-state index in [4.69, 9.17) is 0 Å². The maximum atomic E-state index is 12.6. The summed E-state index contributed by atoms with van der Waals surface area (Å²) in [5, 5.41) is 2.53. The van der Waals surface area contributed by atoms with E-state index in [2.05, 4.69) is 43.3 Å². The maximum absolute atomic E-state index is 12.6. The fourth-order valence-corrected chi connectivity index (χ4v) is 5.33. The summed E-state index contributed by atoms with van der Waals surface area (Å²) in [7, 11) is 0. The lowest BCUT2D eigenvalue weighted by Gasteiger charge is -2.41. The van der Waals surface area contributed by atoms with Gasteiger partial charge in [-0.15, -0.1) is 0 Å². The van der Waals surface area contributed by atoms with E-state index < -0.39 is 0 Å². The first kappa shape index (κ1) is 13.5. The third-order valence-electron chi connectivity index (χ3n) is 6.61. The molecule has 0 N–H and O–H groups in total. The van der Waals surface area contributed by atoms with Crippen LogP contribution in [0.3, 0.4) is 0 Å². The van der Waals surface area contributed by atoms with E-state index in [1.165, 1.54) is 41.2 Å². The summed E-state index contributed by atoms with van der Waals surface area (Å²) >= 11 is 0. The quantitative estimate of drug-likeness (QED) is 0.648. The highest BCUT2D eigenvalue weighted by Gasteiger charge is 2.51. The Kier molecular flexibility index (Phi) is 2.69. The number of carbonyl (C=O) groups is 1. The standard InChI is InChI=1S/C22H22O/c1-2-14-3-5-16-12-20-19(11-17(16)9-14)21(23)7-8-22(20)13-15-4-6-18(22)10-15/h3-5,9,11-12,18H,2,6-8,10,13H2,1H3. The highest BCUT2D eigenvalue weighted by Crippen LogP contribution is 2.58. The summed E-state index contributed by atoms with van der Waals surface area (Å²) in [6, 6.07) is 11.3. The molecule has 2 aromatic carbocycles. The van der Waals surface area contributed by atoms with Gasteiger partial charge in [-0.3, -0.25) is 4.79 Å². The molecule has 3 aliphatic carbocycles. The van der Waals surface area contributed by atoms with Crippen LogP contribution in [0, 0.1) is 5.92 Å². The molecule has 2 unspecified atom stereocenters. The summed E-state index contributed by atoms with van der Waals surface area (Å²) in [5.41, 5.74) is 5.62. The predicted octanol–water partition coefficient (Wildman–Crippen LogP) is 5.36. The lowest BCUT2D eigenvalue weighted by atomic mass is 9.62. The Morgan fingerprint density at radius 2 is 2.09 bits per heavy atom. The zero-order valence-electron chi connectivity index (χ0n) is 13.7. The van der Waals surface area contributed by atoms with Gasteiger partial charge in [0.15, 0.2) is 5.78 Å². The van der Waals surface area contributed by atoms with Gasteiger partial charge in [0.05, 0.1) is 0 Å². The van der Waals surface area contributed by atoms with Crippen molar-refractivity contribution in [1.29, 1.82) is 0 Å². The van der Waals surface area contributed by atoms with Crippen LogP contribution in [0.4, 0.5) is 0 Å². The van der Waals surface area contributed by atoms with Crippen LogP contribution in [0.15, 0.2) is 42.0 Å². The Morgan fingerprint density at radius 1 is 1.17 bits per heavy atom. The third kappa shape index (κ3) is 1.77. The average molecular weight is 302 g/mol. The van der Waals surface area contributed by atoms with Crippen molar-refractivity contribution in [2.45, 2.75) is 50.9 Å². The van der Waals surface area contributed by atoms with Crippen LogP contribution in [0.2, 0.25) is 0 Å². The van der Waals surface area contributed by atoms with Crippen molar-refractivity contribution in [2.75, 3.05) is 0 Å². The Morgan fingerprint density at radius 3 is 2.83 bits per heavy atom. The molecule has 0 radical (unpaired) electrons. The number of rotatable bonds is 1. The van der Waals surface area contributed by atoms with Gasteiger partial charge in [-0.1, -0.05) is 36.8 Å². The maximum Gasteiger partial charge on any atom is 0.163 e. The molecule has 5 rings (SSSR count). The number of carbonyl (C=O) groups excluding carboxylic acids is 1. The molecule has 1 nitrogen and oxygen atoms in total. The smallest absolute Gasteiger partial charge is 0.163 e. The lowest BCUT2D eigenvalue weighted by Crippen LogP contribution is -2.37.